The van der Waals surface area contributed by atoms with Crippen LogP contribution < -0.4 is 18.8 Å². The molecule has 2 aromatic carbocycles. The zero-order valence-electron chi connectivity index (χ0n) is 38.3. The molecule has 0 radical (unpaired) electrons. The molecule has 0 spiro atoms. The number of rotatable bonds is 22. The van der Waals surface area contributed by atoms with E-state index in [-0.39, 0.29) is 55.4 Å². The van der Waals surface area contributed by atoms with Crippen molar-refractivity contribution in [1.82, 2.24) is 19.9 Å². The van der Waals surface area contributed by atoms with Crippen LogP contribution in [0.25, 0.3) is 34.7 Å². The van der Waals surface area contributed by atoms with Gasteiger partial charge in [0.1, 0.15) is 11.6 Å². The van der Waals surface area contributed by atoms with Gasteiger partial charge in [0.25, 0.3) is 0 Å². The van der Waals surface area contributed by atoms with Gasteiger partial charge >= 0.3 is 20.6 Å². The second kappa shape index (κ2) is 26.2. The smallest absolute Gasteiger partial charge is 0.364 e. The number of carbonyl (C=O) groups excluding carboxylic acids is 2. The van der Waals surface area contributed by atoms with Gasteiger partial charge in [0.15, 0.2) is 0 Å². The van der Waals surface area contributed by atoms with Crippen LogP contribution in [0.1, 0.15) is 95.2 Å². The summed E-state index contributed by atoms with van der Waals surface area (Å²) in [7, 11) is -3.84. The van der Waals surface area contributed by atoms with Gasteiger partial charge in [-0.3, -0.25) is 8.37 Å². The Kier molecular flexibility index (Phi) is 22.5. The standard InChI is InChI=1S/2C22H28FN3O7S.CH4/c2*1-13(2)20-18(10-9-16(27)11-17(28)12-19(29)30)21(14-5-7-15(23)8-6-14)25-22(24-20)26(3)34(31,32)33-4;/h2*5-10,13,16-17,27-28H,11-12H2,1-4H3,(H,29,30);1H4/p-2/b2*10-9+;/t2*16-,17-;/m11./s1. The third-order valence-corrected chi connectivity index (χ3v) is 12.2. The first kappa shape index (κ1) is 59.3. The van der Waals surface area contributed by atoms with Gasteiger partial charge in [0.05, 0.1) is 61.4 Å². The lowest BCUT2D eigenvalue weighted by Crippen LogP contribution is -2.30. The number of aliphatic hydroxyl groups excluding tert-OH is 4. The molecule has 380 valence electrons. The molecular formula is C45H58F2N6O14S2-2. The Hall–Kier alpha value is -5.86. The van der Waals surface area contributed by atoms with Crippen molar-refractivity contribution in [2.45, 2.75) is 97.1 Å². The third kappa shape index (κ3) is 17.3. The molecule has 0 bridgehead atoms. The number of carbonyl (C=O) groups is 2. The van der Waals surface area contributed by atoms with Crippen molar-refractivity contribution >= 4 is 56.6 Å². The number of aromatic nitrogens is 4. The van der Waals surface area contributed by atoms with E-state index in [9.17, 15) is 65.8 Å². The Bertz CT molecular complexity index is 2460. The molecule has 4 aromatic rings. The highest BCUT2D eigenvalue weighted by molar-refractivity contribution is 7.88. The molecule has 0 unspecified atom stereocenters. The number of carboxylic acids is 2. The molecule has 2 heterocycles. The lowest BCUT2D eigenvalue weighted by atomic mass is 9.97. The summed E-state index contributed by atoms with van der Waals surface area (Å²) < 4.78 is 86.5. The molecule has 24 heteroatoms. The third-order valence-electron chi connectivity index (χ3n) is 9.71. The first-order valence-electron chi connectivity index (χ1n) is 20.6. The zero-order chi connectivity index (χ0) is 51.3. The van der Waals surface area contributed by atoms with Gasteiger partial charge in [-0.1, -0.05) is 59.4 Å². The second-order valence-corrected chi connectivity index (χ2v) is 19.1. The first-order valence-corrected chi connectivity index (χ1v) is 23.4. The number of aliphatic carboxylic acids is 2. The number of halogens is 2. The fourth-order valence-electron chi connectivity index (χ4n) is 6.20. The second-order valence-electron chi connectivity index (χ2n) is 15.6. The zero-order valence-corrected chi connectivity index (χ0v) is 40.0. The lowest BCUT2D eigenvalue weighted by Gasteiger charge is -2.21. The Morgan fingerprint density at radius 1 is 0.623 bits per heavy atom. The van der Waals surface area contributed by atoms with Crippen molar-refractivity contribution in [3.8, 4) is 22.5 Å². The maximum Gasteiger partial charge on any atom is 0.364 e. The highest BCUT2D eigenvalue weighted by Gasteiger charge is 2.27. The molecule has 0 saturated carbocycles. The van der Waals surface area contributed by atoms with Crippen LogP contribution in [0, 0.1) is 11.6 Å². The summed E-state index contributed by atoms with van der Waals surface area (Å²) in [5, 5.41) is 61.2. The number of benzene rings is 2. The average molecular weight is 1010 g/mol. The molecule has 69 heavy (non-hydrogen) atoms. The van der Waals surface area contributed by atoms with Gasteiger partial charge in [-0.25, -0.2) is 37.3 Å². The van der Waals surface area contributed by atoms with Gasteiger partial charge in [0.2, 0.25) is 11.9 Å². The predicted octanol–water partition coefficient (Wildman–Crippen LogP) is 2.63. The molecular weight excluding hydrogens is 951 g/mol. The predicted molar refractivity (Wildman–Crippen MR) is 249 cm³/mol. The van der Waals surface area contributed by atoms with E-state index in [4.69, 9.17) is 0 Å². The Morgan fingerprint density at radius 3 is 1.19 bits per heavy atom. The molecule has 4 N–H and O–H groups in total. The van der Waals surface area contributed by atoms with E-state index in [0.717, 1.165) is 22.8 Å². The van der Waals surface area contributed by atoms with E-state index >= 15 is 0 Å². The molecule has 0 aliphatic rings. The minimum absolute atomic E-state index is 0. The minimum Gasteiger partial charge on any atom is -0.550 e. The highest BCUT2D eigenvalue weighted by atomic mass is 32.2. The van der Waals surface area contributed by atoms with E-state index in [1.54, 1.807) is 0 Å². The average Bonchev–Trinajstić information content (AvgIpc) is 3.26. The summed E-state index contributed by atoms with van der Waals surface area (Å²) in [6.45, 7) is 7.29. The summed E-state index contributed by atoms with van der Waals surface area (Å²) in [6.07, 6.45) is -1.09. The summed E-state index contributed by atoms with van der Waals surface area (Å²) in [5.41, 5.74) is 3.19. The Labute approximate surface area is 400 Å². The van der Waals surface area contributed by atoms with E-state index in [2.05, 4.69) is 28.3 Å². The fourth-order valence-corrected chi connectivity index (χ4v) is 7.21. The molecule has 0 amide bonds. The number of anilines is 2. The number of nitrogens with zero attached hydrogens (tertiary/aromatic N) is 6. The van der Waals surface area contributed by atoms with Crippen molar-refractivity contribution in [3.05, 3.63) is 94.8 Å². The van der Waals surface area contributed by atoms with Gasteiger partial charge in [-0.05, 0) is 60.4 Å². The number of hydrogen-bond donors (Lipinski definition) is 4. The quantitative estimate of drug-likeness (QED) is 0.0879. The van der Waals surface area contributed by atoms with E-state index in [1.165, 1.54) is 86.9 Å². The fraction of sp³-hybridized carbons (Fsp3) is 0.422. The summed E-state index contributed by atoms with van der Waals surface area (Å²) in [4.78, 5) is 38.8. The van der Waals surface area contributed by atoms with E-state index < -0.39 is 81.4 Å². The topological polar surface area (TPSA) is 306 Å². The van der Waals surface area contributed by atoms with Gasteiger partial charge in [0, 0.05) is 74.0 Å². The van der Waals surface area contributed by atoms with Crippen molar-refractivity contribution < 1.29 is 74.2 Å². The van der Waals surface area contributed by atoms with Crippen LogP contribution in [0.4, 0.5) is 20.7 Å². The number of hydrogen-bond acceptors (Lipinski definition) is 18. The number of aliphatic hydroxyl groups is 4. The van der Waals surface area contributed by atoms with Crippen LogP contribution in [-0.4, -0.2) is 122 Å². The molecule has 0 aliphatic carbocycles. The number of carboxylic acid groups (broad SMARTS) is 2. The largest absolute Gasteiger partial charge is 0.550 e. The van der Waals surface area contributed by atoms with Crippen molar-refractivity contribution in [2.24, 2.45) is 0 Å². The first-order chi connectivity index (χ1) is 31.7. The van der Waals surface area contributed by atoms with Crippen LogP contribution in [0.2, 0.25) is 0 Å². The summed E-state index contributed by atoms with van der Waals surface area (Å²) >= 11 is 0. The molecule has 0 saturated heterocycles. The van der Waals surface area contributed by atoms with Crippen molar-refractivity contribution in [2.75, 3.05) is 36.9 Å². The van der Waals surface area contributed by atoms with Gasteiger partial charge in [-0.15, -0.1) is 0 Å². The van der Waals surface area contributed by atoms with Crippen LogP contribution >= 0.6 is 0 Å². The SMILES string of the molecule is C.COS(=O)(=O)N(C)c1nc(-c2ccc(F)cc2)c(/C=C/[C@@H](O)C[C@@H](O)CC(=O)[O-])c(C(C)C)n1.COS(=O)(=O)N(C)c1nc(-c2ccc(F)cc2)c(/C=C/[C@@H](O)C[C@@H](O)CC(=O)[O-])c(C(C)C)n1. The molecule has 0 aliphatic heterocycles. The monoisotopic (exact) mass is 1010 g/mol. The molecule has 0 fully saturated rings. The van der Waals surface area contributed by atoms with E-state index in [1.807, 2.05) is 27.7 Å². The molecule has 2 aromatic heterocycles. The molecule has 4 atom stereocenters. The van der Waals surface area contributed by atoms with Crippen molar-refractivity contribution in [1.29, 1.82) is 0 Å². The summed E-state index contributed by atoms with van der Waals surface area (Å²) in [6, 6.07) is 10.8. The minimum atomic E-state index is -4.15. The van der Waals surface area contributed by atoms with Gasteiger partial charge in [-0.2, -0.15) is 16.8 Å². The highest BCUT2D eigenvalue weighted by Crippen LogP contribution is 2.34. The van der Waals surface area contributed by atoms with Crippen LogP contribution in [-0.2, 0) is 38.6 Å². The van der Waals surface area contributed by atoms with Crippen LogP contribution in [0.5, 0.6) is 0 Å². The van der Waals surface area contributed by atoms with Gasteiger partial charge < -0.3 is 40.2 Å². The molecule has 20 nitrogen and oxygen atoms in total. The lowest BCUT2D eigenvalue weighted by molar-refractivity contribution is -0.309. The maximum atomic E-state index is 13.5. The van der Waals surface area contributed by atoms with E-state index in [0.29, 0.717) is 33.6 Å². The normalized spacial score (nSPS) is 13.7. The van der Waals surface area contributed by atoms with Crippen molar-refractivity contribution in [3.63, 3.8) is 0 Å². The Balaban J connectivity index is 0.000000467. The maximum absolute atomic E-state index is 13.5. The van der Waals surface area contributed by atoms with Crippen LogP contribution in [0.3, 0.4) is 0 Å². The summed E-state index contributed by atoms with van der Waals surface area (Å²) in [5.74, 6) is -4.63. The molecule has 4 rings (SSSR count). The Morgan fingerprint density at radius 2 is 0.928 bits per heavy atom. The van der Waals surface area contributed by atoms with Crippen LogP contribution in [0.15, 0.2) is 60.7 Å².